The molecule has 0 atom stereocenters. The van der Waals surface area contributed by atoms with Crippen LogP contribution in [0.15, 0.2) is 42.6 Å². The highest BCUT2D eigenvalue weighted by atomic mass is 16.5. The van der Waals surface area contributed by atoms with Crippen LogP contribution in [0.4, 0.5) is 11.4 Å². The minimum Gasteiger partial charge on any atom is -0.491 e. The Hall–Kier alpha value is -2.60. The van der Waals surface area contributed by atoms with Gasteiger partial charge in [-0.2, -0.15) is 0 Å². The van der Waals surface area contributed by atoms with Crippen molar-refractivity contribution in [3.05, 3.63) is 48.3 Å². The van der Waals surface area contributed by atoms with E-state index in [1.54, 1.807) is 19.4 Å². The molecule has 1 amide bonds. The molecule has 25 heavy (non-hydrogen) atoms. The predicted molar refractivity (Wildman–Crippen MR) is 98.6 cm³/mol. The molecule has 2 rings (SSSR count). The number of aromatic nitrogens is 1. The van der Waals surface area contributed by atoms with Gasteiger partial charge in [0.1, 0.15) is 11.4 Å². The van der Waals surface area contributed by atoms with Crippen LogP contribution in [0.2, 0.25) is 0 Å². The molecule has 0 fully saturated rings. The fourth-order valence-electron chi connectivity index (χ4n) is 2.20. The number of nitrogens with zero attached hydrogens (tertiary/aromatic N) is 1. The van der Waals surface area contributed by atoms with Crippen molar-refractivity contribution in [3.8, 4) is 5.75 Å². The van der Waals surface area contributed by atoms with Crippen molar-refractivity contribution < 1.29 is 14.3 Å². The van der Waals surface area contributed by atoms with Crippen molar-refractivity contribution in [3.63, 3.8) is 0 Å². The second-order valence-corrected chi connectivity index (χ2v) is 5.85. The zero-order chi connectivity index (χ0) is 18.1. The van der Waals surface area contributed by atoms with E-state index in [0.717, 1.165) is 23.5 Å². The Balaban J connectivity index is 1.95. The van der Waals surface area contributed by atoms with E-state index in [0.29, 0.717) is 18.8 Å². The van der Waals surface area contributed by atoms with Crippen LogP contribution >= 0.6 is 0 Å². The van der Waals surface area contributed by atoms with Crippen LogP contribution in [0.3, 0.4) is 0 Å². The minimum atomic E-state index is -0.194. The zero-order valence-corrected chi connectivity index (χ0v) is 14.9. The number of amides is 1. The largest absolute Gasteiger partial charge is 0.491 e. The molecule has 2 N–H and O–H groups in total. The lowest BCUT2D eigenvalue weighted by Gasteiger charge is -2.11. The van der Waals surface area contributed by atoms with Crippen molar-refractivity contribution in [1.82, 2.24) is 10.3 Å². The number of hydrogen-bond donors (Lipinski definition) is 2. The molecule has 134 valence electrons. The van der Waals surface area contributed by atoms with E-state index in [-0.39, 0.29) is 12.0 Å². The molecule has 0 aliphatic heterocycles. The summed E-state index contributed by atoms with van der Waals surface area (Å²) in [5.74, 6) is 0.631. The Bertz CT molecular complexity index is 672. The van der Waals surface area contributed by atoms with Gasteiger partial charge < -0.3 is 20.1 Å². The van der Waals surface area contributed by atoms with E-state index in [1.165, 1.54) is 0 Å². The highest BCUT2D eigenvalue weighted by molar-refractivity contribution is 5.93. The first-order valence-corrected chi connectivity index (χ1v) is 8.35. The monoisotopic (exact) mass is 343 g/mol. The van der Waals surface area contributed by atoms with Crippen LogP contribution < -0.4 is 15.4 Å². The van der Waals surface area contributed by atoms with Crippen molar-refractivity contribution in [1.29, 1.82) is 0 Å². The van der Waals surface area contributed by atoms with E-state index in [1.807, 2.05) is 44.2 Å². The number of rotatable bonds is 9. The van der Waals surface area contributed by atoms with Crippen molar-refractivity contribution in [2.75, 3.05) is 25.6 Å². The standard InChI is InChI=1S/C19H25N3O3/c1-14(2)25-17-7-5-15(6-8-17)22-16-9-11-20-18(13-16)19(23)21-10-4-12-24-3/h5-9,11,13-14H,4,10,12H2,1-3H3,(H,20,22)(H,21,23). The maximum atomic E-state index is 12.1. The summed E-state index contributed by atoms with van der Waals surface area (Å²) in [6, 6.07) is 11.2. The summed E-state index contributed by atoms with van der Waals surface area (Å²) in [4.78, 5) is 16.2. The van der Waals surface area contributed by atoms with Crippen LogP contribution in [0.5, 0.6) is 5.75 Å². The summed E-state index contributed by atoms with van der Waals surface area (Å²) >= 11 is 0. The Morgan fingerprint density at radius 1 is 1.16 bits per heavy atom. The van der Waals surface area contributed by atoms with E-state index < -0.39 is 0 Å². The third-order valence-electron chi connectivity index (χ3n) is 3.32. The molecular weight excluding hydrogens is 318 g/mol. The van der Waals surface area contributed by atoms with E-state index in [4.69, 9.17) is 9.47 Å². The molecule has 0 aliphatic carbocycles. The Morgan fingerprint density at radius 3 is 2.60 bits per heavy atom. The number of methoxy groups -OCH3 is 1. The summed E-state index contributed by atoms with van der Waals surface area (Å²) in [7, 11) is 1.64. The lowest BCUT2D eigenvalue weighted by atomic mass is 10.2. The normalized spacial score (nSPS) is 10.6. The van der Waals surface area contributed by atoms with E-state index in [2.05, 4.69) is 15.6 Å². The molecule has 0 spiro atoms. The van der Waals surface area contributed by atoms with Crippen LogP contribution in [-0.2, 0) is 4.74 Å². The fourth-order valence-corrected chi connectivity index (χ4v) is 2.20. The van der Waals surface area contributed by atoms with Gasteiger partial charge in [0.05, 0.1) is 6.10 Å². The molecular formula is C19H25N3O3. The maximum absolute atomic E-state index is 12.1. The number of pyridine rings is 1. The van der Waals surface area contributed by atoms with Gasteiger partial charge in [-0.25, -0.2) is 0 Å². The van der Waals surface area contributed by atoms with Gasteiger partial charge in [0.15, 0.2) is 0 Å². The second kappa shape index (κ2) is 9.64. The van der Waals surface area contributed by atoms with Gasteiger partial charge in [0, 0.05) is 37.8 Å². The molecule has 2 aromatic rings. The first-order chi connectivity index (χ1) is 12.1. The fraction of sp³-hybridized carbons (Fsp3) is 0.368. The van der Waals surface area contributed by atoms with Gasteiger partial charge in [-0.15, -0.1) is 0 Å². The van der Waals surface area contributed by atoms with Crippen LogP contribution in [-0.4, -0.2) is 37.3 Å². The molecule has 0 saturated carbocycles. The Kier molecular flexibility index (Phi) is 7.22. The summed E-state index contributed by atoms with van der Waals surface area (Å²) in [5.41, 5.74) is 2.09. The zero-order valence-electron chi connectivity index (χ0n) is 14.9. The Morgan fingerprint density at radius 2 is 1.92 bits per heavy atom. The summed E-state index contributed by atoms with van der Waals surface area (Å²) in [6.07, 6.45) is 2.53. The minimum absolute atomic E-state index is 0.143. The number of hydrogen-bond acceptors (Lipinski definition) is 5. The predicted octanol–water partition coefficient (Wildman–Crippen LogP) is 3.38. The van der Waals surface area contributed by atoms with Gasteiger partial charge in [-0.05, 0) is 56.7 Å². The Labute approximate surface area is 148 Å². The number of ether oxygens (including phenoxy) is 2. The molecule has 0 saturated heterocycles. The molecule has 6 heteroatoms. The van der Waals surface area contributed by atoms with Gasteiger partial charge >= 0.3 is 0 Å². The average molecular weight is 343 g/mol. The highest BCUT2D eigenvalue weighted by Gasteiger charge is 2.07. The SMILES string of the molecule is COCCCNC(=O)c1cc(Nc2ccc(OC(C)C)cc2)ccn1. The van der Waals surface area contributed by atoms with E-state index in [9.17, 15) is 4.79 Å². The van der Waals surface area contributed by atoms with Gasteiger partial charge in [0.25, 0.3) is 5.91 Å². The number of anilines is 2. The molecule has 0 bridgehead atoms. The maximum Gasteiger partial charge on any atom is 0.269 e. The molecule has 0 aliphatic rings. The molecule has 0 unspecified atom stereocenters. The number of carbonyl (C=O) groups excluding carboxylic acids is 1. The topological polar surface area (TPSA) is 72.5 Å². The number of nitrogens with one attached hydrogen (secondary N) is 2. The molecule has 1 heterocycles. The van der Waals surface area contributed by atoms with Gasteiger partial charge in [-0.3, -0.25) is 9.78 Å². The lowest BCUT2D eigenvalue weighted by Crippen LogP contribution is -2.26. The van der Waals surface area contributed by atoms with Crippen LogP contribution in [0, 0.1) is 0 Å². The van der Waals surface area contributed by atoms with Crippen molar-refractivity contribution >= 4 is 17.3 Å². The second-order valence-electron chi connectivity index (χ2n) is 5.85. The first-order valence-electron chi connectivity index (χ1n) is 8.35. The highest BCUT2D eigenvalue weighted by Crippen LogP contribution is 2.21. The van der Waals surface area contributed by atoms with Crippen molar-refractivity contribution in [2.24, 2.45) is 0 Å². The first kappa shape index (κ1) is 18.7. The smallest absolute Gasteiger partial charge is 0.269 e. The van der Waals surface area contributed by atoms with Crippen molar-refractivity contribution in [2.45, 2.75) is 26.4 Å². The van der Waals surface area contributed by atoms with Crippen LogP contribution in [0.25, 0.3) is 0 Å². The molecule has 6 nitrogen and oxygen atoms in total. The van der Waals surface area contributed by atoms with Gasteiger partial charge in [0.2, 0.25) is 0 Å². The summed E-state index contributed by atoms with van der Waals surface area (Å²) in [6.45, 7) is 5.16. The quantitative estimate of drug-likeness (QED) is 0.683. The summed E-state index contributed by atoms with van der Waals surface area (Å²) < 4.78 is 10.6. The average Bonchev–Trinajstić information content (AvgIpc) is 2.60. The summed E-state index contributed by atoms with van der Waals surface area (Å²) in [5, 5.41) is 6.09. The molecule has 0 radical (unpaired) electrons. The third kappa shape index (κ3) is 6.43. The van der Waals surface area contributed by atoms with E-state index >= 15 is 0 Å². The third-order valence-corrected chi connectivity index (χ3v) is 3.32. The number of carbonyl (C=O) groups is 1. The van der Waals surface area contributed by atoms with Crippen LogP contribution in [0.1, 0.15) is 30.8 Å². The number of benzene rings is 1. The molecule has 1 aromatic heterocycles. The molecule has 1 aromatic carbocycles. The van der Waals surface area contributed by atoms with Gasteiger partial charge in [-0.1, -0.05) is 0 Å². The lowest BCUT2D eigenvalue weighted by molar-refractivity contribution is 0.0943.